The molecule has 34 heavy (non-hydrogen) atoms. The van der Waals surface area contributed by atoms with Gasteiger partial charge in [-0.3, -0.25) is 9.59 Å². The van der Waals surface area contributed by atoms with Gasteiger partial charge in [-0.25, -0.2) is 14.1 Å². The Kier molecular flexibility index (Phi) is 6.36. The minimum absolute atomic E-state index is 0.0174. The largest absolute Gasteiger partial charge is 0.416 e. The number of benzene rings is 2. The van der Waals surface area contributed by atoms with Gasteiger partial charge in [0.25, 0.3) is 5.91 Å². The van der Waals surface area contributed by atoms with Gasteiger partial charge in [-0.15, -0.1) is 5.10 Å². The van der Waals surface area contributed by atoms with Crippen LogP contribution in [0.3, 0.4) is 0 Å². The van der Waals surface area contributed by atoms with Gasteiger partial charge in [0.1, 0.15) is 11.6 Å². The van der Waals surface area contributed by atoms with Crippen molar-refractivity contribution in [3.05, 3.63) is 77.1 Å². The van der Waals surface area contributed by atoms with Crippen molar-refractivity contribution in [1.29, 1.82) is 0 Å². The SMILES string of the molecule is Cc1nc(C(=O)NC(CN2CCCC2=O)c2cccc(C(F)(F)F)c2)nn1-c1ccc(F)cc1. The fraction of sp³-hybridized carbons (Fsp3) is 0.304. The number of nitrogens with zero attached hydrogens (tertiary/aromatic N) is 4. The lowest BCUT2D eigenvalue weighted by atomic mass is 10.0. The number of hydrogen-bond donors (Lipinski definition) is 1. The first-order valence-electron chi connectivity index (χ1n) is 10.6. The molecular weight excluding hydrogens is 454 g/mol. The maximum Gasteiger partial charge on any atom is 0.416 e. The Hall–Kier alpha value is -3.76. The lowest BCUT2D eigenvalue weighted by Gasteiger charge is -2.25. The molecule has 0 saturated carbocycles. The number of carbonyl (C=O) groups excluding carboxylic acids is 2. The number of aromatic nitrogens is 3. The van der Waals surface area contributed by atoms with E-state index in [1.807, 2.05) is 0 Å². The summed E-state index contributed by atoms with van der Waals surface area (Å²) in [6.45, 7) is 2.09. The van der Waals surface area contributed by atoms with Gasteiger partial charge >= 0.3 is 6.18 Å². The molecule has 1 fully saturated rings. The Morgan fingerprint density at radius 1 is 1.18 bits per heavy atom. The van der Waals surface area contributed by atoms with Crippen LogP contribution in [0.25, 0.3) is 5.69 Å². The van der Waals surface area contributed by atoms with Crippen molar-refractivity contribution >= 4 is 11.8 Å². The second-order valence-electron chi connectivity index (χ2n) is 7.96. The Labute approximate surface area is 192 Å². The minimum atomic E-state index is -4.55. The monoisotopic (exact) mass is 475 g/mol. The van der Waals surface area contributed by atoms with Gasteiger partial charge < -0.3 is 10.2 Å². The van der Waals surface area contributed by atoms with Crippen LogP contribution in [-0.4, -0.2) is 44.6 Å². The second-order valence-corrected chi connectivity index (χ2v) is 7.96. The molecule has 1 N–H and O–H groups in total. The molecule has 11 heteroatoms. The van der Waals surface area contributed by atoms with Gasteiger partial charge in [0, 0.05) is 19.5 Å². The molecule has 3 aromatic rings. The topological polar surface area (TPSA) is 80.1 Å². The zero-order valence-electron chi connectivity index (χ0n) is 18.1. The van der Waals surface area contributed by atoms with Crippen LogP contribution in [0.4, 0.5) is 17.6 Å². The van der Waals surface area contributed by atoms with Crippen LogP contribution < -0.4 is 5.32 Å². The van der Waals surface area contributed by atoms with Crippen molar-refractivity contribution in [3.8, 4) is 5.69 Å². The molecule has 1 aromatic heterocycles. The predicted octanol–water partition coefficient (Wildman–Crippen LogP) is 3.83. The molecule has 0 radical (unpaired) electrons. The number of likely N-dealkylation sites (tertiary alicyclic amines) is 1. The van der Waals surface area contributed by atoms with Gasteiger partial charge in [0.15, 0.2) is 0 Å². The molecule has 0 spiro atoms. The summed E-state index contributed by atoms with van der Waals surface area (Å²) in [7, 11) is 0. The highest BCUT2D eigenvalue weighted by atomic mass is 19.4. The van der Waals surface area contributed by atoms with E-state index >= 15 is 0 Å². The lowest BCUT2D eigenvalue weighted by Crippen LogP contribution is -2.39. The van der Waals surface area contributed by atoms with E-state index in [1.54, 1.807) is 6.92 Å². The van der Waals surface area contributed by atoms with Crippen molar-refractivity contribution in [1.82, 2.24) is 25.0 Å². The van der Waals surface area contributed by atoms with Crippen molar-refractivity contribution in [2.75, 3.05) is 13.1 Å². The Morgan fingerprint density at radius 3 is 2.56 bits per heavy atom. The summed E-state index contributed by atoms with van der Waals surface area (Å²) < 4.78 is 54.4. The van der Waals surface area contributed by atoms with E-state index < -0.39 is 29.5 Å². The van der Waals surface area contributed by atoms with E-state index in [9.17, 15) is 27.2 Å². The van der Waals surface area contributed by atoms with Gasteiger partial charge in [0.05, 0.1) is 17.3 Å². The fourth-order valence-electron chi connectivity index (χ4n) is 3.82. The molecule has 1 saturated heterocycles. The summed E-state index contributed by atoms with van der Waals surface area (Å²) in [5, 5.41) is 6.85. The molecule has 2 heterocycles. The van der Waals surface area contributed by atoms with Gasteiger partial charge in [-0.05, 0) is 55.3 Å². The summed E-state index contributed by atoms with van der Waals surface area (Å²) in [5.74, 6) is -1.10. The number of carbonyl (C=O) groups is 2. The molecule has 1 aliphatic heterocycles. The zero-order chi connectivity index (χ0) is 24.5. The summed E-state index contributed by atoms with van der Waals surface area (Å²) in [4.78, 5) is 30.8. The van der Waals surface area contributed by atoms with Gasteiger partial charge in [0.2, 0.25) is 11.7 Å². The number of amides is 2. The third kappa shape index (κ3) is 5.08. The molecule has 4 rings (SSSR count). The highest BCUT2D eigenvalue weighted by molar-refractivity contribution is 5.90. The Bertz CT molecular complexity index is 1210. The van der Waals surface area contributed by atoms with E-state index in [0.29, 0.717) is 30.9 Å². The predicted molar refractivity (Wildman–Crippen MR) is 114 cm³/mol. The van der Waals surface area contributed by atoms with Crippen LogP contribution in [-0.2, 0) is 11.0 Å². The molecule has 1 unspecified atom stereocenters. The average molecular weight is 475 g/mol. The molecule has 2 aromatic carbocycles. The maximum atomic E-state index is 13.3. The normalized spacial score (nSPS) is 15.0. The number of nitrogens with one attached hydrogen (secondary N) is 1. The molecule has 0 bridgehead atoms. The summed E-state index contributed by atoms with van der Waals surface area (Å²) >= 11 is 0. The zero-order valence-corrected chi connectivity index (χ0v) is 18.1. The lowest BCUT2D eigenvalue weighted by molar-refractivity contribution is -0.137. The van der Waals surface area contributed by atoms with Crippen molar-refractivity contribution in [2.45, 2.75) is 32.0 Å². The average Bonchev–Trinajstić information content (AvgIpc) is 3.38. The van der Waals surface area contributed by atoms with Gasteiger partial charge in [-0.2, -0.15) is 13.2 Å². The second kappa shape index (κ2) is 9.24. The van der Waals surface area contributed by atoms with Gasteiger partial charge in [-0.1, -0.05) is 12.1 Å². The standard InChI is InChI=1S/C23H21F4N5O2/c1-14-28-21(30-32(14)18-9-7-17(24)8-10-18)22(34)29-19(13-31-11-3-6-20(31)33)15-4-2-5-16(12-15)23(25,26)27/h2,4-5,7-10,12,19H,3,6,11,13H2,1H3,(H,29,34). The van der Waals surface area contributed by atoms with Crippen molar-refractivity contribution in [2.24, 2.45) is 0 Å². The van der Waals surface area contributed by atoms with E-state index in [4.69, 9.17) is 0 Å². The first-order valence-corrected chi connectivity index (χ1v) is 10.6. The first kappa shape index (κ1) is 23.4. The van der Waals surface area contributed by atoms with E-state index in [2.05, 4.69) is 15.4 Å². The van der Waals surface area contributed by atoms with Crippen molar-refractivity contribution < 1.29 is 27.2 Å². The molecule has 178 valence electrons. The van der Waals surface area contributed by atoms with Crippen LogP contribution in [0, 0.1) is 12.7 Å². The van der Waals surface area contributed by atoms with Crippen LogP contribution >= 0.6 is 0 Å². The molecule has 2 amide bonds. The summed E-state index contributed by atoms with van der Waals surface area (Å²) in [5.41, 5.74) is -0.160. The molecule has 1 aliphatic rings. The van der Waals surface area contributed by atoms with Crippen LogP contribution in [0.15, 0.2) is 48.5 Å². The first-order chi connectivity index (χ1) is 16.1. The Balaban J connectivity index is 1.61. The highest BCUT2D eigenvalue weighted by Crippen LogP contribution is 2.31. The number of alkyl halides is 3. The van der Waals surface area contributed by atoms with Crippen molar-refractivity contribution in [3.63, 3.8) is 0 Å². The van der Waals surface area contributed by atoms with Crippen LogP contribution in [0.5, 0.6) is 0 Å². The molecule has 7 nitrogen and oxygen atoms in total. The van der Waals surface area contributed by atoms with E-state index in [0.717, 1.165) is 12.1 Å². The third-order valence-corrected chi connectivity index (χ3v) is 5.54. The molecule has 0 aliphatic carbocycles. The number of aryl methyl sites for hydroxylation is 1. The quantitative estimate of drug-likeness (QED) is 0.550. The number of rotatable bonds is 6. The number of halogens is 4. The third-order valence-electron chi connectivity index (χ3n) is 5.54. The molecular formula is C23H21F4N5O2. The van der Waals surface area contributed by atoms with Crippen LogP contribution in [0.1, 0.15) is 46.5 Å². The van der Waals surface area contributed by atoms with Crippen LogP contribution in [0.2, 0.25) is 0 Å². The summed E-state index contributed by atoms with van der Waals surface area (Å²) in [6, 6.07) is 9.16. The van der Waals surface area contributed by atoms with E-state index in [1.165, 1.54) is 46.0 Å². The number of hydrogen-bond acceptors (Lipinski definition) is 4. The van der Waals surface area contributed by atoms with E-state index in [-0.39, 0.29) is 23.8 Å². The summed E-state index contributed by atoms with van der Waals surface area (Å²) in [6.07, 6.45) is -3.56. The Morgan fingerprint density at radius 2 is 1.91 bits per heavy atom. The highest BCUT2D eigenvalue weighted by Gasteiger charge is 2.32. The maximum absolute atomic E-state index is 13.3. The molecule has 1 atom stereocenters. The smallest absolute Gasteiger partial charge is 0.341 e. The minimum Gasteiger partial charge on any atom is -0.341 e. The fourth-order valence-corrected chi connectivity index (χ4v) is 3.82.